The zero-order chi connectivity index (χ0) is 13.7. The van der Waals surface area contributed by atoms with Crippen molar-refractivity contribution in [1.29, 1.82) is 0 Å². The van der Waals surface area contributed by atoms with Gasteiger partial charge in [-0.3, -0.25) is 4.79 Å². The maximum atomic E-state index is 12.1. The van der Waals surface area contributed by atoms with Crippen LogP contribution in [-0.4, -0.2) is 31.2 Å². The minimum absolute atomic E-state index is 0.00958. The number of nitrogens with one attached hydrogen (secondary N) is 2. The molecule has 1 saturated heterocycles. The topological polar surface area (TPSA) is 50.4 Å². The highest BCUT2D eigenvalue weighted by Crippen LogP contribution is 2.10. The number of amides is 1. The van der Waals surface area contributed by atoms with Crippen LogP contribution in [-0.2, 0) is 9.53 Å². The van der Waals surface area contributed by atoms with Crippen LogP contribution >= 0.6 is 0 Å². The first kappa shape index (κ1) is 14.0. The molecule has 1 fully saturated rings. The van der Waals surface area contributed by atoms with E-state index in [2.05, 4.69) is 10.6 Å². The van der Waals surface area contributed by atoms with Gasteiger partial charge in [-0.2, -0.15) is 0 Å². The van der Waals surface area contributed by atoms with E-state index in [1.54, 1.807) is 0 Å². The summed E-state index contributed by atoms with van der Waals surface area (Å²) in [5.41, 5.74) is 2.03. The lowest BCUT2D eigenvalue weighted by atomic mass is 10.1. The summed E-state index contributed by atoms with van der Waals surface area (Å²) in [5.74, 6) is 0.00958. The minimum atomic E-state index is -0.190. The quantitative estimate of drug-likeness (QED) is 0.873. The molecule has 104 valence electrons. The van der Waals surface area contributed by atoms with Crippen molar-refractivity contribution in [2.75, 3.05) is 18.5 Å². The number of hydrogen-bond donors (Lipinski definition) is 2. The maximum absolute atomic E-state index is 12.1. The summed E-state index contributed by atoms with van der Waals surface area (Å²) in [7, 11) is 0. The van der Waals surface area contributed by atoms with Gasteiger partial charge in [0.1, 0.15) is 0 Å². The molecule has 1 aromatic carbocycles. The summed E-state index contributed by atoms with van der Waals surface area (Å²) in [6, 6.07) is 8.03. The van der Waals surface area contributed by atoms with Crippen LogP contribution in [0.5, 0.6) is 0 Å². The van der Waals surface area contributed by atoms with Gasteiger partial charge in [-0.1, -0.05) is 17.7 Å². The zero-order valence-corrected chi connectivity index (χ0v) is 11.6. The van der Waals surface area contributed by atoms with E-state index < -0.39 is 0 Å². The van der Waals surface area contributed by atoms with Gasteiger partial charge >= 0.3 is 0 Å². The fraction of sp³-hybridized carbons (Fsp3) is 0.533. The number of rotatable bonds is 4. The Morgan fingerprint density at radius 2 is 1.89 bits per heavy atom. The lowest BCUT2D eigenvalue weighted by molar-refractivity contribution is -0.118. The number of carbonyl (C=O) groups excluding carboxylic acids is 1. The largest absolute Gasteiger partial charge is 0.381 e. The molecule has 1 unspecified atom stereocenters. The van der Waals surface area contributed by atoms with Crippen LogP contribution in [0.4, 0.5) is 5.69 Å². The second-order valence-corrected chi connectivity index (χ2v) is 5.13. The Kier molecular flexibility index (Phi) is 4.93. The first-order valence-electron chi connectivity index (χ1n) is 6.86. The minimum Gasteiger partial charge on any atom is -0.381 e. The monoisotopic (exact) mass is 262 g/mol. The molecular weight excluding hydrogens is 240 g/mol. The lowest BCUT2D eigenvalue weighted by Crippen LogP contribution is -2.46. The smallest absolute Gasteiger partial charge is 0.241 e. The molecule has 1 aliphatic heterocycles. The van der Waals surface area contributed by atoms with E-state index in [1.165, 1.54) is 5.56 Å². The molecule has 1 aromatic rings. The Labute approximate surface area is 114 Å². The van der Waals surface area contributed by atoms with Gasteiger partial charge in [-0.05, 0) is 38.8 Å². The van der Waals surface area contributed by atoms with Crippen molar-refractivity contribution >= 4 is 11.6 Å². The standard InChI is InChI=1S/C15H22N2O2/c1-11-3-5-13(6-4-11)17-15(18)12(2)16-14-7-9-19-10-8-14/h3-6,12,14,16H,7-10H2,1-2H3,(H,17,18). The van der Waals surface area contributed by atoms with E-state index in [0.29, 0.717) is 6.04 Å². The van der Waals surface area contributed by atoms with Crippen molar-refractivity contribution in [3.8, 4) is 0 Å². The highest BCUT2D eigenvalue weighted by molar-refractivity contribution is 5.94. The van der Waals surface area contributed by atoms with Crippen molar-refractivity contribution in [3.05, 3.63) is 29.8 Å². The predicted octanol–water partition coefficient (Wildman–Crippen LogP) is 2.09. The van der Waals surface area contributed by atoms with Crippen molar-refractivity contribution in [3.63, 3.8) is 0 Å². The van der Waals surface area contributed by atoms with Crippen LogP contribution in [0.2, 0.25) is 0 Å². The second kappa shape index (κ2) is 6.68. The summed E-state index contributed by atoms with van der Waals surface area (Å²) in [5, 5.41) is 6.28. The summed E-state index contributed by atoms with van der Waals surface area (Å²) in [4.78, 5) is 12.1. The molecule has 1 heterocycles. The first-order valence-corrected chi connectivity index (χ1v) is 6.86. The second-order valence-electron chi connectivity index (χ2n) is 5.13. The molecule has 1 amide bonds. The van der Waals surface area contributed by atoms with E-state index in [0.717, 1.165) is 31.7 Å². The molecule has 4 heteroatoms. The van der Waals surface area contributed by atoms with Crippen molar-refractivity contribution < 1.29 is 9.53 Å². The van der Waals surface area contributed by atoms with Gasteiger partial charge < -0.3 is 15.4 Å². The van der Waals surface area contributed by atoms with Gasteiger partial charge in [0.2, 0.25) is 5.91 Å². The number of benzene rings is 1. The maximum Gasteiger partial charge on any atom is 0.241 e. The molecule has 0 spiro atoms. The van der Waals surface area contributed by atoms with Gasteiger partial charge in [-0.25, -0.2) is 0 Å². The van der Waals surface area contributed by atoms with E-state index >= 15 is 0 Å². The summed E-state index contributed by atoms with van der Waals surface area (Å²) < 4.78 is 5.31. The number of hydrogen-bond acceptors (Lipinski definition) is 3. The average Bonchev–Trinajstić information content (AvgIpc) is 2.42. The molecule has 2 N–H and O–H groups in total. The van der Waals surface area contributed by atoms with E-state index in [9.17, 15) is 4.79 Å². The number of ether oxygens (including phenoxy) is 1. The predicted molar refractivity (Wildman–Crippen MR) is 76.2 cm³/mol. The third-order valence-electron chi connectivity index (χ3n) is 3.42. The first-order chi connectivity index (χ1) is 9.15. The fourth-order valence-electron chi connectivity index (χ4n) is 2.18. The van der Waals surface area contributed by atoms with E-state index in [4.69, 9.17) is 4.74 Å². The van der Waals surface area contributed by atoms with Gasteiger partial charge in [0.15, 0.2) is 0 Å². The van der Waals surface area contributed by atoms with Crippen LogP contribution in [0.3, 0.4) is 0 Å². The van der Waals surface area contributed by atoms with Gasteiger partial charge in [0, 0.05) is 24.9 Å². The van der Waals surface area contributed by atoms with Crippen LogP contribution in [0.1, 0.15) is 25.3 Å². The van der Waals surface area contributed by atoms with Crippen molar-refractivity contribution in [2.45, 2.75) is 38.8 Å². The number of anilines is 1. The Balaban J connectivity index is 1.83. The van der Waals surface area contributed by atoms with Crippen molar-refractivity contribution in [1.82, 2.24) is 5.32 Å². The zero-order valence-electron chi connectivity index (χ0n) is 11.6. The summed E-state index contributed by atoms with van der Waals surface area (Å²) >= 11 is 0. The summed E-state index contributed by atoms with van der Waals surface area (Å²) in [6.07, 6.45) is 1.95. The van der Waals surface area contributed by atoms with Gasteiger partial charge in [-0.15, -0.1) is 0 Å². The Morgan fingerprint density at radius 3 is 2.53 bits per heavy atom. The third-order valence-corrected chi connectivity index (χ3v) is 3.42. The molecule has 19 heavy (non-hydrogen) atoms. The highest BCUT2D eigenvalue weighted by atomic mass is 16.5. The molecule has 0 aromatic heterocycles. The van der Waals surface area contributed by atoms with Crippen LogP contribution < -0.4 is 10.6 Å². The van der Waals surface area contributed by atoms with Gasteiger partial charge in [0.05, 0.1) is 6.04 Å². The van der Waals surface area contributed by atoms with E-state index in [-0.39, 0.29) is 11.9 Å². The highest BCUT2D eigenvalue weighted by Gasteiger charge is 2.19. The lowest BCUT2D eigenvalue weighted by Gasteiger charge is -2.26. The summed E-state index contributed by atoms with van der Waals surface area (Å²) in [6.45, 7) is 5.49. The van der Waals surface area contributed by atoms with E-state index in [1.807, 2.05) is 38.1 Å². The Hall–Kier alpha value is -1.39. The molecule has 2 rings (SSSR count). The SMILES string of the molecule is Cc1ccc(NC(=O)C(C)NC2CCOCC2)cc1. The van der Waals surface area contributed by atoms with Crippen LogP contribution in [0.25, 0.3) is 0 Å². The Morgan fingerprint density at radius 1 is 1.26 bits per heavy atom. The Bertz CT molecular complexity index is 411. The molecule has 1 atom stereocenters. The molecule has 1 aliphatic rings. The molecule has 0 radical (unpaired) electrons. The molecule has 4 nitrogen and oxygen atoms in total. The average molecular weight is 262 g/mol. The van der Waals surface area contributed by atoms with Crippen molar-refractivity contribution in [2.24, 2.45) is 0 Å². The molecule has 0 aliphatic carbocycles. The molecule has 0 saturated carbocycles. The van der Waals surface area contributed by atoms with Crippen LogP contribution in [0.15, 0.2) is 24.3 Å². The van der Waals surface area contributed by atoms with Crippen LogP contribution in [0, 0.1) is 6.92 Å². The number of carbonyl (C=O) groups is 1. The van der Waals surface area contributed by atoms with Gasteiger partial charge in [0.25, 0.3) is 0 Å². The third kappa shape index (κ3) is 4.33. The normalized spacial score (nSPS) is 18.0. The molecular formula is C15H22N2O2. The molecule has 0 bridgehead atoms. The fourth-order valence-corrected chi connectivity index (χ4v) is 2.18. The number of aryl methyl sites for hydroxylation is 1.